The molecule has 2 rings (SSSR count). The van der Waals surface area contributed by atoms with Gasteiger partial charge < -0.3 is 9.88 Å². The molecule has 0 atom stereocenters. The third-order valence-corrected chi connectivity index (χ3v) is 1.91. The lowest BCUT2D eigenvalue weighted by atomic mass is 10.5. The lowest BCUT2D eigenvalue weighted by Crippen LogP contribution is -2.06. The monoisotopic (exact) mass is 189 g/mol. The number of imidazole rings is 1. The van der Waals surface area contributed by atoms with E-state index >= 15 is 0 Å². The van der Waals surface area contributed by atoms with E-state index in [2.05, 4.69) is 20.3 Å². The molecule has 0 saturated carbocycles. The minimum Gasteiger partial charge on any atom is -0.362 e. The van der Waals surface area contributed by atoms with Crippen molar-refractivity contribution in [3.05, 3.63) is 36.8 Å². The second-order valence-corrected chi connectivity index (χ2v) is 2.90. The van der Waals surface area contributed by atoms with E-state index in [-0.39, 0.29) is 0 Å². The molecule has 0 unspecified atom stereocenters. The maximum absolute atomic E-state index is 4.18. The van der Waals surface area contributed by atoms with Gasteiger partial charge in [-0.1, -0.05) is 0 Å². The van der Waals surface area contributed by atoms with Crippen LogP contribution in [0.4, 0.5) is 5.82 Å². The van der Waals surface area contributed by atoms with E-state index in [0.29, 0.717) is 6.54 Å². The van der Waals surface area contributed by atoms with Crippen molar-refractivity contribution in [1.29, 1.82) is 0 Å². The van der Waals surface area contributed by atoms with Gasteiger partial charge in [-0.3, -0.25) is 4.98 Å². The molecule has 0 amide bonds. The summed E-state index contributed by atoms with van der Waals surface area (Å²) in [5.74, 6) is 1.73. The van der Waals surface area contributed by atoms with Gasteiger partial charge in [-0.25, -0.2) is 9.97 Å². The zero-order valence-corrected chi connectivity index (χ0v) is 7.88. The first-order chi connectivity index (χ1) is 6.86. The number of hydrogen-bond donors (Lipinski definition) is 1. The lowest BCUT2D eigenvalue weighted by Gasteiger charge is -2.04. The second-order valence-electron chi connectivity index (χ2n) is 2.90. The summed E-state index contributed by atoms with van der Waals surface area (Å²) < 4.78 is 1.96. The molecular formula is C9H11N5. The molecule has 72 valence electrons. The first kappa shape index (κ1) is 8.68. The summed E-state index contributed by atoms with van der Waals surface area (Å²) in [5.41, 5.74) is 0. The average molecular weight is 189 g/mol. The van der Waals surface area contributed by atoms with Gasteiger partial charge in [0, 0.05) is 31.8 Å². The molecule has 0 aliphatic rings. The number of nitrogens with one attached hydrogen (secondary N) is 1. The predicted molar refractivity (Wildman–Crippen MR) is 52.6 cm³/mol. The number of anilines is 1. The lowest BCUT2D eigenvalue weighted by molar-refractivity contribution is 0.810. The molecule has 0 spiro atoms. The van der Waals surface area contributed by atoms with Gasteiger partial charge in [-0.15, -0.1) is 0 Å². The van der Waals surface area contributed by atoms with E-state index in [9.17, 15) is 0 Å². The van der Waals surface area contributed by atoms with Gasteiger partial charge >= 0.3 is 0 Å². The van der Waals surface area contributed by atoms with Crippen LogP contribution >= 0.6 is 0 Å². The Morgan fingerprint density at radius 1 is 1.29 bits per heavy atom. The van der Waals surface area contributed by atoms with Crippen LogP contribution in [-0.4, -0.2) is 19.5 Å². The van der Waals surface area contributed by atoms with E-state index in [0.717, 1.165) is 11.6 Å². The fourth-order valence-corrected chi connectivity index (χ4v) is 1.13. The number of nitrogens with zero attached hydrogens (tertiary/aromatic N) is 4. The minimum absolute atomic E-state index is 0.655. The van der Waals surface area contributed by atoms with Crippen LogP contribution in [0.15, 0.2) is 31.0 Å². The molecule has 2 aromatic heterocycles. The highest BCUT2D eigenvalue weighted by Crippen LogP contribution is 2.01. The molecule has 0 aliphatic heterocycles. The third-order valence-electron chi connectivity index (χ3n) is 1.91. The minimum atomic E-state index is 0.655. The summed E-state index contributed by atoms with van der Waals surface area (Å²) in [6, 6.07) is 0. The molecule has 0 aromatic carbocycles. The van der Waals surface area contributed by atoms with E-state index in [1.165, 1.54) is 0 Å². The molecule has 0 aliphatic carbocycles. The van der Waals surface area contributed by atoms with E-state index < -0.39 is 0 Å². The molecule has 14 heavy (non-hydrogen) atoms. The normalized spacial score (nSPS) is 10.1. The molecule has 0 saturated heterocycles. The largest absolute Gasteiger partial charge is 0.362 e. The van der Waals surface area contributed by atoms with Crippen molar-refractivity contribution in [2.45, 2.75) is 6.54 Å². The van der Waals surface area contributed by atoms with Gasteiger partial charge in [-0.2, -0.15) is 0 Å². The number of aromatic nitrogens is 4. The van der Waals surface area contributed by atoms with Crippen molar-refractivity contribution in [3.63, 3.8) is 0 Å². The van der Waals surface area contributed by atoms with E-state index in [1.54, 1.807) is 24.8 Å². The summed E-state index contributed by atoms with van der Waals surface area (Å²) in [7, 11) is 1.96. The summed E-state index contributed by atoms with van der Waals surface area (Å²) >= 11 is 0. The zero-order chi connectivity index (χ0) is 9.80. The van der Waals surface area contributed by atoms with Crippen molar-refractivity contribution in [1.82, 2.24) is 19.5 Å². The summed E-state index contributed by atoms with van der Waals surface area (Å²) in [5, 5.41) is 3.13. The Kier molecular flexibility index (Phi) is 2.40. The van der Waals surface area contributed by atoms with Crippen molar-refractivity contribution < 1.29 is 0 Å². The van der Waals surface area contributed by atoms with Crippen LogP contribution in [-0.2, 0) is 13.6 Å². The number of aryl methyl sites for hydroxylation is 1. The first-order valence-corrected chi connectivity index (χ1v) is 4.32. The van der Waals surface area contributed by atoms with Crippen molar-refractivity contribution >= 4 is 5.82 Å². The molecule has 2 heterocycles. The smallest absolute Gasteiger partial charge is 0.144 e. The molecular weight excluding hydrogens is 178 g/mol. The molecule has 1 N–H and O–H groups in total. The van der Waals surface area contributed by atoms with Crippen molar-refractivity contribution in [2.24, 2.45) is 7.05 Å². The highest BCUT2D eigenvalue weighted by Gasteiger charge is 1.98. The molecule has 5 nitrogen and oxygen atoms in total. The van der Waals surface area contributed by atoms with Crippen molar-refractivity contribution in [3.8, 4) is 0 Å². The fraction of sp³-hybridized carbons (Fsp3) is 0.222. The third kappa shape index (κ3) is 1.87. The molecule has 0 fully saturated rings. The van der Waals surface area contributed by atoms with Gasteiger partial charge in [0.15, 0.2) is 0 Å². The van der Waals surface area contributed by atoms with Gasteiger partial charge in [0.05, 0.1) is 12.7 Å². The first-order valence-electron chi connectivity index (χ1n) is 4.32. The standard InChI is InChI=1S/C9H11N5/c1-14-5-4-12-9(14)7-13-8-6-10-2-3-11-8/h2-6H,7H2,1H3,(H,11,13). The van der Waals surface area contributed by atoms with Crippen LogP contribution in [0.5, 0.6) is 0 Å². The van der Waals surface area contributed by atoms with Crippen LogP contribution in [0.3, 0.4) is 0 Å². The Balaban J connectivity index is 1.99. The molecule has 0 radical (unpaired) electrons. The van der Waals surface area contributed by atoms with Gasteiger partial charge in [0.2, 0.25) is 0 Å². The Morgan fingerprint density at radius 2 is 2.21 bits per heavy atom. The SMILES string of the molecule is Cn1ccnc1CNc1cnccn1. The van der Waals surface area contributed by atoms with Gasteiger partial charge in [0.1, 0.15) is 11.6 Å². The van der Waals surface area contributed by atoms with Crippen LogP contribution in [0, 0.1) is 0 Å². The van der Waals surface area contributed by atoms with Crippen LogP contribution in [0.25, 0.3) is 0 Å². The van der Waals surface area contributed by atoms with Crippen LogP contribution in [0.1, 0.15) is 5.82 Å². The van der Waals surface area contributed by atoms with Crippen LogP contribution in [0.2, 0.25) is 0 Å². The number of hydrogen-bond acceptors (Lipinski definition) is 4. The van der Waals surface area contributed by atoms with Crippen LogP contribution < -0.4 is 5.32 Å². The van der Waals surface area contributed by atoms with Gasteiger partial charge in [-0.05, 0) is 0 Å². The van der Waals surface area contributed by atoms with Crippen molar-refractivity contribution in [2.75, 3.05) is 5.32 Å². The maximum atomic E-state index is 4.18. The topological polar surface area (TPSA) is 55.6 Å². The molecule has 2 aromatic rings. The highest BCUT2D eigenvalue weighted by atomic mass is 15.1. The molecule has 5 heteroatoms. The Bertz CT molecular complexity index is 395. The maximum Gasteiger partial charge on any atom is 0.144 e. The van der Waals surface area contributed by atoms with E-state index in [1.807, 2.05) is 17.8 Å². The fourth-order valence-electron chi connectivity index (χ4n) is 1.13. The zero-order valence-electron chi connectivity index (χ0n) is 7.88. The predicted octanol–water partition coefficient (Wildman–Crippen LogP) is 0.822. The summed E-state index contributed by atoms with van der Waals surface area (Å²) in [6.45, 7) is 0.655. The van der Waals surface area contributed by atoms with E-state index in [4.69, 9.17) is 0 Å². The molecule has 0 bridgehead atoms. The van der Waals surface area contributed by atoms with Gasteiger partial charge in [0.25, 0.3) is 0 Å². The Labute approximate surface area is 81.8 Å². The summed E-state index contributed by atoms with van der Waals surface area (Å²) in [4.78, 5) is 12.2. The Hall–Kier alpha value is -1.91. The number of rotatable bonds is 3. The average Bonchev–Trinajstić information content (AvgIpc) is 2.63. The Morgan fingerprint density at radius 3 is 2.86 bits per heavy atom. The summed E-state index contributed by atoms with van der Waals surface area (Å²) in [6.07, 6.45) is 8.66. The second kappa shape index (κ2) is 3.87. The quantitative estimate of drug-likeness (QED) is 0.776. The highest BCUT2D eigenvalue weighted by molar-refractivity contribution is 5.29.